The van der Waals surface area contributed by atoms with E-state index in [-0.39, 0.29) is 31.1 Å². The number of aromatic amines is 1. The van der Waals surface area contributed by atoms with Crippen molar-refractivity contribution in [3.05, 3.63) is 47.1 Å². The third-order valence-corrected chi connectivity index (χ3v) is 6.82. The maximum Gasteiger partial charge on any atom is 0.261 e. The first-order chi connectivity index (χ1) is 16.5. The predicted molar refractivity (Wildman–Crippen MR) is 126 cm³/mol. The Kier molecular flexibility index (Phi) is 4.78. The summed E-state index contributed by atoms with van der Waals surface area (Å²) in [6.45, 7) is 0.637. The van der Waals surface area contributed by atoms with Gasteiger partial charge in [0.1, 0.15) is 27.4 Å². The fraction of sp³-hybridized carbons (Fsp3) is 0.227. The molecule has 0 aromatic carbocycles. The second kappa shape index (κ2) is 7.85. The normalized spacial score (nSPS) is 14.6. The number of hydrogen-bond acceptors (Lipinski definition) is 8. The van der Waals surface area contributed by atoms with Crippen molar-refractivity contribution in [3.8, 4) is 16.3 Å². The Morgan fingerprint density at radius 1 is 1.35 bits per heavy atom. The minimum absolute atomic E-state index is 0.107. The minimum atomic E-state index is -0.866. The highest BCUT2D eigenvalue weighted by molar-refractivity contribution is 7.21. The van der Waals surface area contributed by atoms with Crippen molar-refractivity contribution in [1.29, 1.82) is 0 Å². The van der Waals surface area contributed by atoms with E-state index in [1.807, 2.05) is 18.3 Å². The monoisotopic (exact) mass is 479 g/mol. The number of rotatable bonds is 5. The summed E-state index contributed by atoms with van der Waals surface area (Å²) in [5.74, 6) is 0.225. The van der Waals surface area contributed by atoms with Crippen LogP contribution in [0.4, 0.5) is 10.1 Å². The van der Waals surface area contributed by atoms with Crippen LogP contribution in [-0.4, -0.2) is 68.3 Å². The number of alkyl halides is 1. The Bertz CT molecular complexity index is 1640. The molecule has 0 aliphatic carbocycles. The largest absolute Gasteiger partial charge is 0.481 e. The number of carbonyl (C=O) groups is 1. The number of fused-ring (bicyclic) bond motifs is 5. The zero-order valence-electron chi connectivity index (χ0n) is 17.9. The Morgan fingerprint density at radius 2 is 2.21 bits per heavy atom. The molecule has 1 aliphatic heterocycles. The van der Waals surface area contributed by atoms with E-state index in [9.17, 15) is 14.0 Å². The van der Waals surface area contributed by atoms with E-state index in [1.54, 1.807) is 28.8 Å². The van der Waals surface area contributed by atoms with Gasteiger partial charge in [-0.1, -0.05) is 0 Å². The van der Waals surface area contributed by atoms with Crippen LogP contribution < -0.4 is 15.6 Å². The number of hydrogen-bond donors (Lipinski definition) is 2. The summed E-state index contributed by atoms with van der Waals surface area (Å²) in [4.78, 5) is 40.0. The number of likely N-dealkylation sites (tertiary alicyclic amines) is 1. The molecule has 34 heavy (non-hydrogen) atoms. The number of halogens is 1. The van der Waals surface area contributed by atoms with Crippen LogP contribution in [0.1, 0.15) is 0 Å². The van der Waals surface area contributed by atoms with E-state index in [0.717, 1.165) is 10.4 Å². The molecule has 0 spiro atoms. The fourth-order valence-corrected chi connectivity index (χ4v) is 5.23. The van der Waals surface area contributed by atoms with Gasteiger partial charge in [0.25, 0.3) is 5.56 Å². The number of methoxy groups -OCH3 is 1. The van der Waals surface area contributed by atoms with Crippen LogP contribution in [0.5, 0.6) is 5.88 Å². The topological polar surface area (TPSA) is 118 Å². The van der Waals surface area contributed by atoms with E-state index >= 15 is 0 Å². The highest BCUT2D eigenvalue weighted by Crippen LogP contribution is 2.36. The molecule has 0 atom stereocenters. The molecule has 12 heteroatoms. The fourth-order valence-electron chi connectivity index (χ4n) is 4.12. The number of nitrogens with zero attached hydrogens (tertiary/aromatic N) is 5. The SMILES string of the molecule is COc1ncccc1-c1cn2nc3c4ncc(NC(=O)CN5CC(F)C5)cc4[nH]c(=O)c3c2s1. The summed E-state index contributed by atoms with van der Waals surface area (Å²) in [5.41, 5.74) is 2.41. The second-order valence-electron chi connectivity index (χ2n) is 8.04. The van der Waals surface area contributed by atoms with Gasteiger partial charge in [0.15, 0.2) is 0 Å². The van der Waals surface area contributed by atoms with Crippen LogP contribution in [0.15, 0.2) is 41.6 Å². The van der Waals surface area contributed by atoms with Crippen LogP contribution in [0.2, 0.25) is 0 Å². The minimum Gasteiger partial charge on any atom is -0.481 e. The molecule has 5 aromatic rings. The van der Waals surface area contributed by atoms with Gasteiger partial charge in [-0.15, -0.1) is 11.3 Å². The number of amides is 1. The Hall–Kier alpha value is -3.90. The lowest BCUT2D eigenvalue weighted by Crippen LogP contribution is -2.51. The third-order valence-electron chi connectivity index (χ3n) is 5.69. The molecular formula is C22H18FN7O3S. The molecule has 0 unspecified atom stereocenters. The summed E-state index contributed by atoms with van der Waals surface area (Å²) in [7, 11) is 1.56. The summed E-state index contributed by atoms with van der Waals surface area (Å²) in [6, 6.07) is 5.36. The summed E-state index contributed by atoms with van der Waals surface area (Å²) < 4.78 is 20.0. The molecule has 1 fully saturated rings. The molecule has 6 rings (SSSR count). The number of nitrogens with one attached hydrogen (secondary N) is 2. The van der Waals surface area contributed by atoms with Crippen molar-refractivity contribution in [1.82, 2.24) is 29.5 Å². The first-order valence-corrected chi connectivity index (χ1v) is 11.3. The van der Waals surface area contributed by atoms with Gasteiger partial charge in [0, 0.05) is 25.5 Å². The molecule has 6 heterocycles. The Balaban J connectivity index is 1.37. The van der Waals surface area contributed by atoms with Crippen LogP contribution in [0.3, 0.4) is 0 Å². The average molecular weight is 479 g/mol. The second-order valence-corrected chi connectivity index (χ2v) is 9.07. The Morgan fingerprint density at radius 3 is 3.00 bits per heavy atom. The standard InChI is InChI=1S/C22H18FN7O3S/c1-33-21-13(3-2-4-24-21)15-9-30-22(34-15)17-19(28-30)18-14(27-20(17)32)5-12(6-25-18)26-16(31)10-29-7-11(23)8-29/h2-6,9,11H,7-8,10H2,1H3,(H,26,31)(H,27,32). The summed E-state index contributed by atoms with van der Waals surface area (Å²) in [6.07, 6.45) is 4.14. The smallest absolute Gasteiger partial charge is 0.261 e. The van der Waals surface area contributed by atoms with Crippen LogP contribution in [-0.2, 0) is 4.79 Å². The van der Waals surface area contributed by atoms with Crippen LogP contribution in [0.25, 0.3) is 37.2 Å². The molecule has 172 valence electrons. The number of anilines is 1. The third kappa shape index (κ3) is 3.38. The average Bonchev–Trinajstić information content (AvgIpc) is 3.36. The van der Waals surface area contributed by atoms with E-state index in [4.69, 9.17) is 4.74 Å². The van der Waals surface area contributed by atoms with Gasteiger partial charge in [-0.2, -0.15) is 5.10 Å². The number of carbonyl (C=O) groups excluding carboxylic acids is 1. The molecule has 10 nitrogen and oxygen atoms in total. The van der Waals surface area contributed by atoms with E-state index < -0.39 is 6.17 Å². The lowest BCUT2D eigenvalue weighted by Gasteiger charge is -2.33. The van der Waals surface area contributed by atoms with Gasteiger partial charge in [0.05, 0.1) is 41.5 Å². The molecule has 5 aromatic heterocycles. The predicted octanol–water partition coefficient (Wildman–Crippen LogP) is 2.45. The molecule has 2 N–H and O–H groups in total. The molecule has 1 aliphatic rings. The van der Waals surface area contributed by atoms with Gasteiger partial charge in [-0.05, 0) is 18.2 Å². The van der Waals surface area contributed by atoms with Crippen molar-refractivity contribution in [2.45, 2.75) is 6.17 Å². The van der Waals surface area contributed by atoms with Crippen molar-refractivity contribution >= 4 is 49.7 Å². The maximum atomic E-state index is 13.0. The molecule has 0 saturated carbocycles. The van der Waals surface area contributed by atoms with Gasteiger partial charge in [-0.3, -0.25) is 19.5 Å². The lowest BCUT2D eigenvalue weighted by atomic mass is 10.2. The summed E-state index contributed by atoms with van der Waals surface area (Å²) >= 11 is 1.41. The van der Waals surface area contributed by atoms with Crippen molar-refractivity contribution < 1.29 is 13.9 Å². The van der Waals surface area contributed by atoms with Gasteiger partial charge >= 0.3 is 0 Å². The zero-order chi connectivity index (χ0) is 23.4. The van der Waals surface area contributed by atoms with Gasteiger partial charge < -0.3 is 15.0 Å². The van der Waals surface area contributed by atoms with Gasteiger partial charge in [-0.25, -0.2) is 13.9 Å². The van der Waals surface area contributed by atoms with Crippen molar-refractivity contribution in [3.63, 3.8) is 0 Å². The summed E-state index contributed by atoms with van der Waals surface area (Å²) in [5, 5.41) is 7.80. The quantitative estimate of drug-likeness (QED) is 0.398. The number of aromatic nitrogens is 5. The molecule has 0 bridgehead atoms. The highest BCUT2D eigenvalue weighted by atomic mass is 32.1. The van der Waals surface area contributed by atoms with E-state index in [2.05, 4.69) is 25.4 Å². The molecule has 0 radical (unpaired) electrons. The van der Waals surface area contributed by atoms with Crippen molar-refractivity contribution in [2.24, 2.45) is 0 Å². The molecule has 1 saturated heterocycles. The van der Waals surface area contributed by atoms with Gasteiger partial charge in [0.2, 0.25) is 11.8 Å². The first-order valence-electron chi connectivity index (χ1n) is 10.5. The van der Waals surface area contributed by atoms with Crippen molar-refractivity contribution in [2.75, 3.05) is 32.1 Å². The first kappa shape index (κ1) is 20.7. The maximum absolute atomic E-state index is 13.0. The van der Waals surface area contributed by atoms with E-state index in [1.165, 1.54) is 17.5 Å². The number of pyridine rings is 3. The number of thiazole rings is 1. The Labute approximate surface area is 195 Å². The number of ether oxygens (including phenoxy) is 1. The highest BCUT2D eigenvalue weighted by Gasteiger charge is 2.27. The molecule has 1 amide bonds. The molecular weight excluding hydrogens is 461 g/mol. The van der Waals surface area contributed by atoms with Crippen LogP contribution >= 0.6 is 11.3 Å². The van der Waals surface area contributed by atoms with E-state index in [0.29, 0.717) is 38.3 Å². The van der Waals surface area contributed by atoms with Crippen LogP contribution in [0, 0.1) is 0 Å². The number of H-pyrrole nitrogens is 1. The zero-order valence-corrected chi connectivity index (χ0v) is 18.7. The lowest BCUT2D eigenvalue weighted by molar-refractivity contribution is -0.119.